The van der Waals surface area contributed by atoms with Crippen LogP contribution in [0.5, 0.6) is 0 Å². The maximum Gasteiger partial charge on any atom is 0.297 e. The SMILES string of the molecule is COS(=O)(=O)c1cc2cc[nH]c2cc1C=O. The van der Waals surface area contributed by atoms with Gasteiger partial charge in [-0.25, -0.2) is 0 Å². The van der Waals surface area contributed by atoms with E-state index in [1.807, 2.05) is 0 Å². The number of hydrogen-bond donors (Lipinski definition) is 1. The summed E-state index contributed by atoms with van der Waals surface area (Å²) in [6, 6.07) is 4.61. The Kier molecular flexibility index (Phi) is 2.53. The second kappa shape index (κ2) is 3.73. The molecule has 0 aliphatic carbocycles. The minimum atomic E-state index is -3.86. The number of rotatable bonds is 3. The lowest BCUT2D eigenvalue weighted by molar-refractivity contribution is 0.112. The van der Waals surface area contributed by atoms with Crippen LogP contribution in [0.1, 0.15) is 10.4 Å². The highest BCUT2D eigenvalue weighted by Crippen LogP contribution is 2.23. The quantitative estimate of drug-likeness (QED) is 0.647. The number of H-pyrrole nitrogens is 1. The number of nitrogens with one attached hydrogen (secondary N) is 1. The predicted molar refractivity (Wildman–Crippen MR) is 57.9 cm³/mol. The molecule has 0 bridgehead atoms. The van der Waals surface area contributed by atoms with Gasteiger partial charge in [0.05, 0.1) is 7.11 Å². The van der Waals surface area contributed by atoms with Gasteiger partial charge < -0.3 is 4.98 Å². The summed E-state index contributed by atoms with van der Waals surface area (Å²) in [4.78, 5) is 13.6. The van der Waals surface area contributed by atoms with Crippen molar-refractivity contribution in [3.05, 3.63) is 30.0 Å². The average Bonchev–Trinajstić information content (AvgIpc) is 2.74. The molecule has 0 fully saturated rings. The largest absolute Gasteiger partial charge is 0.361 e. The number of fused-ring (bicyclic) bond motifs is 1. The van der Waals surface area contributed by atoms with Crippen molar-refractivity contribution in [1.29, 1.82) is 0 Å². The van der Waals surface area contributed by atoms with Gasteiger partial charge in [0, 0.05) is 22.7 Å². The van der Waals surface area contributed by atoms with Gasteiger partial charge in [0.15, 0.2) is 6.29 Å². The number of hydrogen-bond acceptors (Lipinski definition) is 4. The lowest BCUT2D eigenvalue weighted by Gasteiger charge is -2.04. The highest BCUT2D eigenvalue weighted by atomic mass is 32.2. The highest BCUT2D eigenvalue weighted by molar-refractivity contribution is 7.86. The molecule has 84 valence electrons. The van der Waals surface area contributed by atoms with Crippen LogP contribution in [0.15, 0.2) is 29.3 Å². The number of carbonyl (C=O) groups is 1. The van der Waals surface area contributed by atoms with Gasteiger partial charge in [0.2, 0.25) is 0 Å². The third kappa shape index (κ3) is 1.62. The first-order valence-corrected chi connectivity index (χ1v) is 5.86. The lowest BCUT2D eigenvalue weighted by atomic mass is 10.2. The summed E-state index contributed by atoms with van der Waals surface area (Å²) in [6.45, 7) is 0. The van der Waals surface area contributed by atoms with E-state index in [9.17, 15) is 13.2 Å². The molecule has 0 radical (unpaired) electrons. The first-order valence-electron chi connectivity index (χ1n) is 4.45. The van der Waals surface area contributed by atoms with Crippen molar-refractivity contribution in [2.75, 3.05) is 7.11 Å². The van der Waals surface area contributed by atoms with E-state index in [4.69, 9.17) is 0 Å². The fraction of sp³-hybridized carbons (Fsp3) is 0.100. The molecule has 0 atom stereocenters. The van der Waals surface area contributed by atoms with Crippen LogP contribution in [0, 0.1) is 0 Å². The van der Waals surface area contributed by atoms with Gasteiger partial charge in [-0.05, 0) is 18.2 Å². The lowest BCUT2D eigenvalue weighted by Crippen LogP contribution is -2.06. The maximum atomic E-state index is 11.6. The normalized spacial score (nSPS) is 11.8. The van der Waals surface area contributed by atoms with Crippen molar-refractivity contribution in [1.82, 2.24) is 4.98 Å². The van der Waals surface area contributed by atoms with Crippen molar-refractivity contribution in [3.8, 4) is 0 Å². The molecule has 0 unspecified atom stereocenters. The van der Waals surface area contributed by atoms with Crippen LogP contribution < -0.4 is 0 Å². The van der Waals surface area contributed by atoms with Gasteiger partial charge >= 0.3 is 0 Å². The summed E-state index contributed by atoms with van der Waals surface area (Å²) in [6.07, 6.45) is 2.16. The maximum absolute atomic E-state index is 11.6. The third-order valence-corrected chi connectivity index (χ3v) is 3.63. The molecule has 0 amide bonds. The van der Waals surface area contributed by atoms with Crippen molar-refractivity contribution in [3.63, 3.8) is 0 Å². The zero-order valence-corrected chi connectivity index (χ0v) is 9.24. The summed E-state index contributed by atoms with van der Waals surface area (Å²) >= 11 is 0. The highest BCUT2D eigenvalue weighted by Gasteiger charge is 2.18. The number of carbonyl (C=O) groups excluding carboxylic acids is 1. The monoisotopic (exact) mass is 239 g/mol. The fourth-order valence-electron chi connectivity index (χ4n) is 1.49. The van der Waals surface area contributed by atoms with E-state index < -0.39 is 10.1 Å². The van der Waals surface area contributed by atoms with Crippen LogP contribution in [-0.4, -0.2) is 26.8 Å². The summed E-state index contributed by atoms with van der Waals surface area (Å²) in [7, 11) is -2.79. The van der Waals surface area contributed by atoms with Crippen LogP contribution in [0.4, 0.5) is 0 Å². The van der Waals surface area contributed by atoms with Crippen molar-refractivity contribution < 1.29 is 17.4 Å². The molecule has 0 saturated carbocycles. The predicted octanol–water partition coefficient (Wildman–Crippen LogP) is 1.32. The molecule has 0 spiro atoms. The van der Waals surface area contributed by atoms with E-state index in [1.165, 1.54) is 12.1 Å². The van der Waals surface area contributed by atoms with Gasteiger partial charge in [0.25, 0.3) is 10.1 Å². The first-order chi connectivity index (χ1) is 7.58. The Labute approximate surface area is 92.2 Å². The number of benzene rings is 1. The molecule has 16 heavy (non-hydrogen) atoms. The smallest absolute Gasteiger partial charge is 0.297 e. The Hall–Kier alpha value is -1.66. The van der Waals surface area contributed by atoms with Crippen molar-refractivity contribution in [2.45, 2.75) is 4.90 Å². The van der Waals surface area contributed by atoms with Gasteiger partial charge in [-0.1, -0.05) is 0 Å². The average molecular weight is 239 g/mol. The molecule has 0 aliphatic heterocycles. The molecule has 0 saturated heterocycles. The van der Waals surface area contributed by atoms with Crippen molar-refractivity contribution in [2.24, 2.45) is 0 Å². The third-order valence-electron chi connectivity index (χ3n) is 2.30. The van der Waals surface area contributed by atoms with E-state index in [0.717, 1.165) is 7.11 Å². The molecule has 1 aromatic heterocycles. The van der Waals surface area contributed by atoms with Gasteiger partial charge in [-0.2, -0.15) is 8.42 Å². The molecular formula is C10H9NO4S. The van der Waals surface area contributed by atoms with Crippen LogP contribution in [0.3, 0.4) is 0 Å². The number of aromatic nitrogens is 1. The zero-order valence-electron chi connectivity index (χ0n) is 8.43. The molecule has 2 rings (SSSR count). The van der Waals surface area contributed by atoms with E-state index in [1.54, 1.807) is 12.3 Å². The topological polar surface area (TPSA) is 76.2 Å². The van der Waals surface area contributed by atoms with E-state index in [0.29, 0.717) is 17.2 Å². The van der Waals surface area contributed by atoms with Gasteiger partial charge in [-0.3, -0.25) is 8.98 Å². The van der Waals surface area contributed by atoms with Crippen LogP contribution >= 0.6 is 0 Å². The summed E-state index contributed by atoms with van der Waals surface area (Å²) in [5.41, 5.74) is 0.786. The fourth-order valence-corrected chi connectivity index (χ4v) is 2.34. The molecule has 1 N–H and O–H groups in total. The first kappa shape index (κ1) is 10.8. The zero-order chi connectivity index (χ0) is 11.8. The van der Waals surface area contributed by atoms with E-state index in [2.05, 4.69) is 9.17 Å². The van der Waals surface area contributed by atoms with Gasteiger partial charge in [0.1, 0.15) is 4.90 Å². The van der Waals surface area contributed by atoms with Crippen LogP contribution in [0.2, 0.25) is 0 Å². The number of aromatic amines is 1. The summed E-state index contributed by atoms with van der Waals surface area (Å²) in [5, 5.41) is 0.709. The Balaban J connectivity index is 2.81. The van der Waals surface area contributed by atoms with Crippen molar-refractivity contribution >= 4 is 27.3 Å². The summed E-state index contributed by atoms with van der Waals surface area (Å²) < 4.78 is 27.5. The summed E-state index contributed by atoms with van der Waals surface area (Å²) in [5.74, 6) is 0. The Bertz CT molecular complexity index is 642. The Morgan fingerprint density at radius 1 is 1.38 bits per heavy atom. The Morgan fingerprint density at radius 3 is 2.75 bits per heavy atom. The van der Waals surface area contributed by atoms with Crippen LogP contribution in [0.25, 0.3) is 10.9 Å². The van der Waals surface area contributed by atoms with E-state index in [-0.39, 0.29) is 10.5 Å². The molecule has 5 nitrogen and oxygen atoms in total. The Morgan fingerprint density at radius 2 is 2.12 bits per heavy atom. The minimum absolute atomic E-state index is 0.0804. The van der Waals surface area contributed by atoms with E-state index >= 15 is 0 Å². The molecular weight excluding hydrogens is 230 g/mol. The van der Waals surface area contributed by atoms with Gasteiger partial charge in [-0.15, -0.1) is 0 Å². The second-order valence-corrected chi connectivity index (χ2v) is 4.88. The molecule has 1 aromatic carbocycles. The molecule has 6 heteroatoms. The van der Waals surface area contributed by atoms with Crippen LogP contribution in [-0.2, 0) is 14.3 Å². The molecule has 2 aromatic rings. The standard InChI is InChI=1S/C10H9NO4S/c1-15-16(13,14)10-5-7-2-3-11-9(7)4-8(10)6-12/h2-6,11H,1H3. The second-order valence-electron chi connectivity index (χ2n) is 3.19. The minimum Gasteiger partial charge on any atom is -0.361 e. The molecule has 1 heterocycles. The molecule has 0 aliphatic rings. The number of aldehydes is 1.